The molecule has 0 bridgehead atoms. The van der Waals surface area contributed by atoms with Gasteiger partial charge in [-0.2, -0.15) is 0 Å². The molecule has 3 rings (SSSR count). The minimum Gasteiger partial charge on any atom is -0.480 e. The smallest absolute Gasteiger partial charge is 0.356 e. The lowest BCUT2D eigenvalue weighted by Crippen LogP contribution is -2.02. The van der Waals surface area contributed by atoms with Gasteiger partial charge in [0.2, 0.25) is 5.88 Å². The van der Waals surface area contributed by atoms with Gasteiger partial charge in [-0.1, -0.05) is 18.2 Å². The molecule has 0 aliphatic carbocycles. The molecule has 6 nitrogen and oxygen atoms in total. The predicted molar refractivity (Wildman–Crippen MR) is 76.3 cm³/mol. The van der Waals surface area contributed by atoms with Gasteiger partial charge in [0.05, 0.1) is 36.3 Å². The third kappa shape index (κ3) is 2.38. The summed E-state index contributed by atoms with van der Waals surface area (Å²) in [6, 6.07) is 9.53. The van der Waals surface area contributed by atoms with E-state index in [4.69, 9.17) is 9.84 Å². The van der Waals surface area contributed by atoms with Gasteiger partial charge in [-0.05, 0) is 12.1 Å². The van der Waals surface area contributed by atoms with Crippen LogP contribution < -0.4 is 4.74 Å². The molecule has 104 valence electrons. The fourth-order valence-corrected chi connectivity index (χ4v) is 2.01. The van der Waals surface area contributed by atoms with Crippen LogP contribution in [0.4, 0.5) is 0 Å². The highest BCUT2D eigenvalue weighted by atomic mass is 16.5. The number of methoxy groups -OCH3 is 1. The molecule has 0 fully saturated rings. The summed E-state index contributed by atoms with van der Waals surface area (Å²) in [5, 5.41) is 9.79. The first-order chi connectivity index (χ1) is 10.2. The van der Waals surface area contributed by atoms with Crippen LogP contribution in [0.1, 0.15) is 10.5 Å². The number of hydrogen-bond acceptors (Lipinski definition) is 5. The number of hydrogen-bond donors (Lipinski definition) is 1. The molecule has 0 aliphatic rings. The molecular formula is C15H11N3O3. The molecule has 21 heavy (non-hydrogen) atoms. The summed E-state index contributed by atoms with van der Waals surface area (Å²) in [5.74, 6) is -0.691. The van der Waals surface area contributed by atoms with Crippen molar-refractivity contribution in [2.24, 2.45) is 0 Å². The summed E-state index contributed by atoms with van der Waals surface area (Å²) in [5.41, 5.74) is 1.88. The quantitative estimate of drug-likeness (QED) is 0.793. The molecule has 0 amide bonds. The monoisotopic (exact) mass is 281 g/mol. The molecule has 0 spiro atoms. The fraction of sp³-hybridized carbons (Fsp3) is 0.0667. The molecule has 0 aliphatic heterocycles. The van der Waals surface area contributed by atoms with Gasteiger partial charge in [0.1, 0.15) is 0 Å². The first-order valence-corrected chi connectivity index (χ1v) is 6.18. The Hall–Kier alpha value is -3.02. The van der Waals surface area contributed by atoms with Gasteiger partial charge in [-0.3, -0.25) is 4.98 Å². The second-order valence-corrected chi connectivity index (χ2v) is 4.33. The lowest BCUT2D eigenvalue weighted by Gasteiger charge is -2.08. The standard InChI is InChI=1S/C15H11N3O3/c1-21-14-10(6-9-4-2-3-5-11(9)18-14)12-7-17-13(8-16-12)15(19)20/h2-8H,1H3,(H,19,20). The summed E-state index contributed by atoms with van der Waals surface area (Å²) >= 11 is 0. The minimum atomic E-state index is -1.11. The Labute approximate surface area is 120 Å². The van der Waals surface area contributed by atoms with Gasteiger partial charge in [0.25, 0.3) is 0 Å². The highest BCUT2D eigenvalue weighted by Crippen LogP contribution is 2.29. The van der Waals surface area contributed by atoms with Gasteiger partial charge >= 0.3 is 5.97 Å². The van der Waals surface area contributed by atoms with E-state index in [-0.39, 0.29) is 5.69 Å². The second-order valence-electron chi connectivity index (χ2n) is 4.33. The SMILES string of the molecule is COc1nc2ccccc2cc1-c1cnc(C(=O)O)cn1. The summed E-state index contributed by atoms with van der Waals surface area (Å²) in [6.45, 7) is 0. The van der Waals surface area contributed by atoms with Crippen molar-refractivity contribution in [1.29, 1.82) is 0 Å². The van der Waals surface area contributed by atoms with E-state index < -0.39 is 5.97 Å². The van der Waals surface area contributed by atoms with Gasteiger partial charge in [0.15, 0.2) is 5.69 Å². The van der Waals surface area contributed by atoms with Crippen LogP contribution in [0, 0.1) is 0 Å². The Balaban J connectivity index is 2.16. The van der Waals surface area contributed by atoms with Crippen molar-refractivity contribution in [3.63, 3.8) is 0 Å². The number of carboxylic acid groups (broad SMARTS) is 1. The maximum atomic E-state index is 10.8. The third-order valence-electron chi connectivity index (χ3n) is 3.03. The van der Waals surface area contributed by atoms with E-state index in [1.165, 1.54) is 19.5 Å². The molecule has 2 heterocycles. The van der Waals surface area contributed by atoms with Crippen molar-refractivity contribution in [1.82, 2.24) is 15.0 Å². The van der Waals surface area contributed by atoms with Crippen LogP contribution in [0.3, 0.4) is 0 Å². The van der Waals surface area contributed by atoms with Crippen LogP contribution in [0.25, 0.3) is 22.2 Å². The lowest BCUT2D eigenvalue weighted by molar-refractivity contribution is 0.0690. The fourth-order valence-electron chi connectivity index (χ4n) is 2.01. The number of carbonyl (C=O) groups is 1. The van der Waals surface area contributed by atoms with Gasteiger partial charge in [0, 0.05) is 5.39 Å². The Morgan fingerprint density at radius 1 is 1.19 bits per heavy atom. The maximum Gasteiger partial charge on any atom is 0.356 e. The summed E-state index contributed by atoms with van der Waals surface area (Å²) in [7, 11) is 1.53. The molecule has 0 atom stereocenters. The molecule has 0 radical (unpaired) electrons. The van der Waals surface area contributed by atoms with E-state index in [2.05, 4.69) is 15.0 Å². The van der Waals surface area contributed by atoms with Gasteiger partial charge in [-0.15, -0.1) is 0 Å². The van der Waals surface area contributed by atoms with E-state index in [9.17, 15) is 4.79 Å². The van der Waals surface area contributed by atoms with Crippen LogP contribution in [-0.2, 0) is 0 Å². The van der Waals surface area contributed by atoms with Crippen molar-refractivity contribution >= 4 is 16.9 Å². The average Bonchev–Trinajstić information content (AvgIpc) is 2.53. The number of aromatic nitrogens is 3. The lowest BCUT2D eigenvalue weighted by atomic mass is 10.1. The van der Waals surface area contributed by atoms with E-state index in [1.807, 2.05) is 30.3 Å². The number of benzene rings is 1. The van der Waals surface area contributed by atoms with Crippen LogP contribution in [0.15, 0.2) is 42.7 Å². The molecule has 0 saturated carbocycles. The molecule has 0 unspecified atom stereocenters. The molecule has 1 N–H and O–H groups in total. The van der Waals surface area contributed by atoms with Crippen LogP contribution >= 0.6 is 0 Å². The van der Waals surface area contributed by atoms with Crippen molar-refractivity contribution < 1.29 is 14.6 Å². The Morgan fingerprint density at radius 3 is 2.67 bits per heavy atom. The second kappa shape index (κ2) is 5.16. The van der Waals surface area contributed by atoms with Crippen LogP contribution in [-0.4, -0.2) is 33.1 Å². The van der Waals surface area contributed by atoms with Crippen molar-refractivity contribution in [2.45, 2.75) is 0 Å². The van der Waals surface area contributed by atoms with Crippen molar-refractivity contribution in [3.05, 3.63) is 48.4 Å². The first kappa shape index (κ1) is 13.0. The zero-order valence-corrected chi connectivity index (χ0v) is 11.1. The first-order valence-electron chi connectivity index (χ1n) is 6.18. The predicted octanol–water partition coefficient (Wildman–Crippen LogP) is 2.40. The minimum absolute atomic E-state index is 0.105. The summed E-state index contributed by atoms with van der Waals surface area (Å²) < 4.78 is 5.29. The Kier molecular flexibility index (Phi) is 3.19. The molecular weight excluding hydrogens is 270 g/mol. The molecule has 3 aromatic rings. The number of carboxylic acids is 1. The van der Waals surface area contributed by atoms with Gasteiger partial charge < -0.3 is 9.84 Å². The van der Waals surface area contributed by atoms with Gasteiger partial charge in [-0.25, -0.2) is 14.8 Å². The number of rotatable bonds is 3. The Bertz CT molecular complexity index is 816. The Morgan fingerprint density at radius 2 is 2.00 bits per heavy atom. The molecule has 1 aromatic carbocycles. The average molecular weight is 281 g/mol. The number of nitrogens with zero attached hydrogens (tertiary/aromatic N) is 3. The maximum absolute atomic E-state index is 10.8. The van der Waals surface area contributed by atoms with Crippen molar-refractivity contribution in [2.75, 3.05) is 7.11 Å². The molecule has 0 saturated heterocycles. The number of fused-ring (bicyclic) bond motifs is 1. The van der Waals surface area contributed by atoms with E-state index >= 15 is 0 Å². The number of aromatic carboxylic acids is 1. The van der Waals surface area contributed by atoms with Crippen molar-refractivity contribution in [3.8, 4) is 17.1 Å². The van der Waals surface area contributed by atoms with E-state index in [1.54, 1.807) is 0 Å². The summed E-state index contributed by atoms with van der Waals surface area (Å²) in [6.07, 6.45) is 2.62. The zero-order chi connectivity index (χ0) is 14.8. The van der Waals surface area contributed by atoms with E-state index in [0.717, 1.165) is 10.9 Å². The van der Waals surface area contributed by atoms with Crippen LogP contribution in [0.2, 0.25) is 0 Å². The highest BCUT2D eigenvalue weighted by Gasteiger charge is 2.12. The number of pyridine rings is 1. The largest absolute Gasteiger partial charge is 0.480 e. The highest BCUT2D eigenvalue weighted by molar-refractivity contribution is 5.87. The normalized spacial score (nSPS) is 10.5. The van der Waals surface area contributed by atoms with E-state index in [0.29, 0.717) is 17.1 Å². The van der Waals surface area contributed by atoms with Crippen LogP contribution in [0.5, 0.6) is 5.88 Å². The topological polar surface area (TPSA) is 85.2 Å². The zero-order valence-electron chi connectivity index (χ0n) is 11.1. The molecule has 6 heteroatoms. The number of ether oxygens (including phenoxy) is 1. The summed E-state index contributed by atoms with van der Waals surface area (Å²) in [4.78, 5) is 23.2. The third-order valence-corrected chi connectivity index (χ3v) is 3.03. The number of para-hydroxylation sites is 1. The molecule has 2 aromatic heterocycles.